The molecular weight excluding hydrogens is 300 g/mol. The quantitative estimate of drug-likeness (QED) is 0.863. The molecule has 0 saturated heterocycles. The van der Waals surface area contributed by atoms with Crippen molar-refractivity contribution in [3.63, 3.8) is 0 Å². The van der Waals surface area contributed by atoms with E-state index in [1.807, 2.05) is 0 Å². The van der Waals surface area contributed by atoms with Gasteiger partial charge in [-0.2, -0.15) is 0 Å². The van der Waals surface area contributed by atoms with Crippen LogP contribution >= 0.6 is 34.5 Å². The molecule has 0 aliphatic carbocycles. The highest BCUT2D eigenvalue weighted by Gasteiger charge is 2.15. The Kier molecular flexibility index (Phi) is 3.79. The summed E-state index contributed by atoms with van der Waals surface area (Å²) in [6.07, 6.45) is 0. The van der Waals surface area contributed by atoms with Crippen molar-refractivity contribution in [3.05, 3.63) is 38.6 Å². The van der Waals surface area contributed by atoms with Gasteiger partial charge in [-0.1, -0.05) is 34.5 Å². The van der Waals surface area contributed by atoms with Gasteiger partial charge in [-0.15, -0.1) is 10.2 Å². The van der Waals surface area contributed by atoms with E-state index in [9.17, 15) is 9.18 Å². The fourth-order valence-electron chi connectivity index (χ4n) is 1.21. The van der Waals surface area contributed by atoms with Crippen LogP contribution < -0.4 is 5.32 Å². The molecule has 4 nitrogen and oxygen atoms in total. The third-order valence-electron chi connectivity index (χ3n) is 2.00. The summed E-state index contributed by atoms with van der Waals surface area (Å²) in [7, 11) is 0. The minimum atomic E-state index is -0.709. The first kappa shape index (κ1) is 13.2. The van der Waals surface area contributed by atoms with Crippen LogP contribution in [0.25, 0.3) is 0 Å². The van der Waals surface area contributed by atoms with Crippen LogP contribution in [0.3, 0.4) is 0 Å². The highest BCUT2D eigenvalue weighted by atomic mass is 35.5. The molecule has 0 unspecified atom stereocenters. The van der Waals surface area contributed by atoms with Crippen molar-refractivity contribution in [1.29, 1.82) is 0 Å². The van der Waals surface area contributed by atoms with Gasteiger partial charge in [-0.05, 0) is 19.1 Å². The minimum Gasteiger partial charge on any atom is -0.296 e. The molecule has 1 aromatic carbocycles. The zero-order valence-electron chi connectivity index (χ0n) is 9.00. The van der Waals surface area contributed by atoms with Crippen molar-refractivity contribution in [1.82, 2.24) is 10.2 Å². The Morgan fingerprint density at radius 1 is 1.33 bits per heavy atom. The van der Waals surface area contributed by atoms with Gasteiger partial charge in [-0.25, -0.2) is 4.39 Å². The molecule has 0 spiro atoms. The number of benzene rings is 1. The Bertz CT molecular complexity index is 617. The van der Waals surface area contributed by atoms with E-state index in [-0.39, 0.29) is 15.6 Å². The number of anilines is 1. The Hall–Kier alpha value is -1.24. The lowest BCUT2D eigenvalue weighted by Gasteiger charge is -2.04. The Morgan fingerprint density at radius 3 is 2.67 bits per heavy atom. The van der Waals surface area contributed by atoms with E-state index < -0.39 is 11.7 Å². The molecule has 0 radical (unpaired) electrons. The molecule has 0 fully saturated rings. The van der Waals surface area contributed by atoms with Gasteiger partial charge in [0.05, 0.1) is 15.6 Å². The number of nitrogens with one attached hydrogen (secondary N) is 1. The average Bonchev–Trinajstić information content (AvgIpc) is 2.69. The normalized spacial score (nSPS) is 10.4. The van der Waals surface area contributed by atoms with Gasteiger partial charge < -0.3 is 0 Å². The highest BCUT2D eigenvalue weighted by molar-refractivity contribution is 7.15. The van der Waals surface area contributed by atoms with Gasteiger partial charge >= 0.3 is 0 Å². The Labute approximate surface area is 116 Å². The number of nitrogens with zero attached hydrogens (tertiary/aromatic N) is 2. The number of carbonyl (C=O) groups is 1. The monoisotopic (exact) mass is 305 g/mol. The van der Waals surface area contributed by atoms with E-state index in [1.54, 1.807) is 6.92 Å². The van der Waals surface area contributed by atoms with Gasteiger partial charge in [0.2, 0.25) is 5.13 Å². The molecule has 1 N–H and O–H groups in total. The summed E-state index contributed by atoms with van der Waals surface area (Å²) >= 11 is 12.6. The van der Waals surface area contributed by atoms with E-state index >= 15 is 0 Å². The summed E-state index contributed by atoms with van der Waals surface area (Å²) in [4.78, 5) is 11.8. The topological polar surface area (TPSA) is 54.9 Å². The van der Waals surface area contributed by atoms with Gasteiger partial charge in [0.1, 0.15) is 10.8 Å². The number of hydrogen-bond acceptors (Lipinski definition) is 4. The SMILES string of the molecule is Cc1nnc(NC(=O)c2cc(F)c(Cl)cc2Cl)s1. The van der Waals surface area contributed by atoms with Gasteiger partial charge in [-0.3, -0.25) is 10.1 Å². The first-order chi connectivity index (χ1) is 8.47. The summed E-state index contributed by atoms with van der Waals surface area (Å²) in [5, 5.41) is 10.9. The van der Waals surface area contributed by atoms with Crippen LogP contribution in [0.2, 0.25) is 10.0 Å². The molecule has 2 rings (SSSR count). The molecule has 0 bridgehead atoms. The van der Waals surface area contributed by atoms with Crippen molar-refractivity contribution in [3.8, 4) is 0 Å². The van der Waals surface area contributed by atoms with E-state index in [0.717, 1.165) is 6.07 Å². The van der Waals surface area contributed by atoms with Crippen molar-refractivity contribution in [2.24, 2.45) is 0 Å². The maximum atomic E-state index is 13.3. The van der Waals surface area contributed by atoms with Crippen LogP contribution in [0.1, 0.15) is 15.4 Å². The minimum absolute atomic E-state index is 0.00794. The lowest BCUT2D eigenvalue weighted by molar-refractivity contribution is 0.102. The van der Waals surface area contributed by atoms with E-state index in [0.29, 0.717) is 10.1 Å². The summed E-state index contributed by atoms with van der Waals surface area (Å²) < 4.78 is 13.3. The van der Waals surface area contributed by atoms with Gasteiger partial charge in [0, 0.05) is 0 Å². The molecule has 0 aliphatic rings. The molecule has 0 atom stereocenters. The van der Waals surface area contributed by atoms with Crippen LogP contribution in [0.4, 0.5) is 9.52 Å². The Morgan fingerprint density at radius 2 is 2.06 bits per heavy atom. The van der Waals surface area contributed by atoms with Crippen molar-refractivity contribution in [2.75, 3.05) is 5.32 Å². The average molecular weight is 306 g/mol. The third-order valence-corrected chi connectivity index (χ3v) is 3.36. The maximum Gasteiger partial charge on any atom is 0.259 e. The van der Waals surface area contributed by atoms with Gasteiger partial charge in [0.15, 0.2) is 0 Å². The molecule has 0 aliphatic heterocycles. The van der Waals surface area contributed by atoms with Crippen LogP contribution in [0, 0.1) is 12.7 Å². The molecule has 1 heterocycles. The van der Waals surface area contributed by atoms with E-state index in [1.165, 1.54) is 17.4 Å². The molecule has 18 heavy (non-hydrogen) atoms. The predicted molar refractivity (Wildman–Crippen MR) is 69.0 cm³/mol. The van der Waals surface area contributed by atoms with Crippen LogP contribution in [0.15, 0.2) is 12.1 Å². The number of carbonyl (C=O) groups excluding carboxylic acids is 1. The number of halogens is 3. The standard InChI is InChI=1S/C10H6Cl2FN3OS/c1-4-15-16-10(18-4)14-9(17)5-2-8(13)7(12)3-6(5)11/h2-3H,1H3,(H,14,16,17). The first-order valence-corrected chi connectivity index (χ1v) is 6.30. The number of amides is 1. The number of aromatic nitrogens is 2. The number of rotatable bonds is 2. The first-order valence-electron chi connectivity index (χ1n) is 4.73. The van der Waals surface area contributed by atoms with Gasteiger partial charge in [0.25, 0.3) is 5.91 Å². The molecular formula is C10H6Cl2FN3OS. The summed E-state index contributed by atoms with van der Waals surface area (Å²) in [5.74, 6) is -1.27. The molecule has 94 valence electrons. The Balaban J connectivity index is 2.26. The summed E-state index contributed by atoms with van der Waals surface area (Å²) in [5.41, 5.74) is -0.00794. The molecule has 1 aromatic heterocycles. The fourth-order valence-corrected chi connectivity index (χ4v) is 2.26. The van der Waals surface area contributed by atoms with Crippen molar-refractivity contribution >= 4 is 45.6 Å². The van der Waals surface area contributed by atoms with E-state index in [2.05, 4.69) is 15.5 Å². The predicted octanol–water partition coefficient (Wildman–Crippen LogP) is 3.54. The van der Waals surface area contributed by atoms with Crippen molar-refractivity contribution in [2.45, 2.75) is 6.92 Å². The van der Waals surface area contributed by atoms with Crippen LogP contribution in [-0.2, 0) is 0 Å². The molecule has 2 aromatic rings. The van der Waals surface area contributed by atoms with Crippen LogP contribution in [-0.4, -0.2) is 16.1 Å². The zero-order chi connectivity index (χ0) is 13.3. The second-order valence-corrected chi connectivity index (χ2v) is 5.32. The highest BCUT2D eigenvalue weighted by Crippen LogP contribution is 2.25. The van der Waals surface area contributed by atoms with E-state index in [4.69, 9.17) is 23.2 Å². The maximum absolute atomic E-state index is 13.3. The second-order valence-electron chi connectivity index (χ2n) is 3.33. The number of hydrogen-bond donors (Lipinski definition) is 1. The lowest BCUT2D eigenvalue weighted by Crippen LogP contribution is -2.12. The lowest BCUT2D eigenvalue weighted by atomic mass is 10.2. The molecule has 0 saturated carbocycles. The number of aryl methyl sites for hydroxylation is 1. The zero-order valence-corrected chi connectivity index (χ0v) is 11.3. The fraction of sp³-hybridized carbons (Fsp3) is 0.100. The summed E-state index contributed by atoms with van der Waals surface area (Å²) in [6.45, 7) is 1.75. The molecule has 8 heteroatoms. The third kappa shape index (κ3) is 2.77. The second kappa shape index (κ2) is 5.17. The largest absolute Gasteiger partial charge is 0.296 e. The van der Waals surface area contributed by atoms with Crippen LogP contribution in [0.5, 0.6) is 0 Å². The van der Waals surface area contributed by atoms with Crippen molar-refractivity contribution < 1.29 is 9.18 Å². The summed E-state index contributed by atoms with van der Waals surface area (Å²) in [6, 6.07) is 2.16. The smallest absolute Gasteiger partial charge is 0.259 e. The molecule has 1 amide bonds.